The molecular weight excluding hydrogens is 188 g/mol. The van der Waals surface area contributed by atoms with Crippen molar-refractivity contribution in [2.75, 3.05) is 12.8 Å². The number of methoxy groups -OCH3 is 1. The Morgan fingerprint density at radius 1 is 1.40 bits per heavy atom. The van der Waals surface area contributed by atoms with E-state index in [1.807, 2.05) is 31.2 Å². The summed E-state index contributed by atoms with van der Waals surface area (Å²) in [6, 6.07) is 7.62. The largest absolute Gasteiger partial charge is 0.399 e. The van der Waals surface area contributed by atoms with Gasteiger partial charge in [-0.1, -0.05) is 19.1 Å². The Bertz CT molecular complexity index is 315. The maximum atomic E-state index is 7.88. The summed E-state index contributed by atoms with van der Waals surface area (Å²) in [5.41, 5.74) is 8.06. The Kier molecular flexibility index (Phi) is 4.31. The summed E-state index contributed by atoms with van der Waals surface area (Å²) in [5.74, 6) is 0. The van der Waals surface area contributed by atoms with E-state index in [1.54, 1.807) is 7.11 Å². The summed E-state index contributed by atoms with van der Waals surface area (Å²) >= 11 is 0. The predicted molar refractivity (Wildman–Crippen MR) is 63.4 cm³/mol. The number of hydrogen-bond acceptors (Lipinski definition) is 3. The summed E-state index contributed by atoms with van der Waals surface area (Å²) in [6.07, 6.45) is 1.40. The number of benzene rings is 1. The smallest absolute Gasteiger partial charge is 0.0945 e. The van der Waals surface area contributed by atoms with Crippen LogP contribution in [0.25, 0.3) is 0 Å². The number of nitrogens with one attached hydrogen (secondary N) is 1. The van der Waals surface area contributed by atoms with Gasteiger partial charge in [-0.3, -0.25) is 0 Å². The monoisotopic (exact) mass is 206 g/mol. The van der Waals surface area contributed by atoms with Crippen molar-refractivity contribution in [1.82, 2.24) is 0 Å². The third-order valence-electron chi connectivity index (χ3n) is 2.42. The maximum Gasteiger partial charge on any atom is 0.0945 e. The molecular formula is C12H18N2O. The van der Waals surface area contributed by atoms with Crippen LogP contribution in [0.3, 0.4) is 0 Å². The van der Waals surface area contributed by atoms with E-state index in [0.717, 1.165) is 17.7 Å². The maximum absolute atomic E-state index is 7.88. The summed E-state index contributed by atoms with van der Waals surface area (Å²) in [5, 5.41) is 7.88. The van der Waals surface area contributed by atoms with Crippen molar-refractivity contribution < 1.29 is 4.74 Å². The molecule has 15 heavy (non-hydrogen) atoms. The van der Waals surface area contributed by atoms with Gasteiger partial charge < -0.3 is 15.9 Å². The lowest BCUT2D eigenvalue weighted by molar-refractivity contribution is 0.151. The molecule has 0 spiro atoms. The van der Waals surface area contributed by atoms with Crippen LogP contribution in [0.1, 0.15) is 18.9 Å². The van der Waals surface area contributed by atoms with Gasteiger partial charge in [0.15, 0.2) is 0 Å². The SMILES string of the molecule is CCC(OC)C(=N)Cc1ccc(N)cc1. The summed E-state index contributed by atoms with van der Waals surface area (Å²) in [6.45, 7) is 2.02. The molecule has 0 amide bonds. The molecule has 0 aliphatic rings. The van der Waals surface area contributed by atoms with Gasteiger partial charge in [0.1, 0.15) is 0 Å². The van der Waals surface area contributed by atoms with E-state index in [1.165, 1.54) is 0 Å². The lowest BCUT2D eigenvalue weighted by atomic mass is 10.0. The minimum atomic E-state index is -0.0671. The van der Waals surface area contributed by atoms with E-state index in [9.17, 15) is 0 Å². The molecule has 0 bridgehead atoms. The van der Waals surface area contributed by atoms with E-state index in [0.29, 0.717) is 12.1 Å². The van der Waals surface area contributed by atoms with Crippen LogP contribution in [0, 0.1) is 5.41 Å². The van der Waals surface area contributed by atoms with Gasteiger partial charge in [-0.25, -0.2) is 0 Å². The highest BCUT2D eigenvalue weighted by Crippen LogP contribution is 2.09. The molecule has 0 saturated heterocycles. The van der Waals surface area contributed by atoms with Crippen LogP contribution in [-0.4, -0.2) is 18.9 Å². The Labute approximate surface area is 90.8 Å². The molecule has 0 radical (unpaired) electrons. The van der Waals surface area contributed by atoms with Gasteiger partial charge in [0.25, 0.3) is 0 Å². The van der Waals surface area contributed by atoms with Gasteiger partial charge in [-0.05, 0) is 24.1 Å². The van der Waals surface area contributed by atoms with E-state index in [-0.39, 0.29) is 6.10 Å². The minimum Gasteiger partial charge on any atom is -0.399 e. The van der Waals surface area contributed by atoms with Crippen molar-refractivity contribution in [2.24, 2.45) is 0 Å². The van der Waals surface area contributed by atoms with Crippen LogP contribution in [0.5, 0.6) is 0 Å². The lowest BCUT2D eigenvalue weighted by Gasteiger charge is -2.14. The van der Waals surface area contributed by atoms with Gasteiger partial charge in [0.05, 0.1) is 6.10 Å². The quantitative estimate of drug-likeness (QED) is 0.573. The lowest BCUT2D eigenvalue weighted by Crippen LogP contribution is -2.23. The van der Waals surface area contributed by atoms with Crippen LogP contribution in [0.15, 0.2) is 24.3 Å². The zero-order valence-corrected chi connectivity index (χ0v) is 9.29. The first-order valence-corrected chi connectivity index (χ1v) is 5.12. The number of nitrogen functional groups attached to an aromatic ring is 1. The van der Waals surface area contributed by atoms with Crippen LogP contribution in [0.4, 0.5) is 5.69 Å². The van der Waals surface area contributed by atoms with Gasteiger partial charge in [-0.2, -0.15) is 0 Å². The Hall–Kier alpha value is -1.35. The summed E-state index contributed by atoms with van der Waals surface area (Å²) < 4.78 is 5.21. The van der Waals surface area contributed by atoms with Crippen LogP contribution in [-0.2, 0) is 11.2 Å². The highest BCUT2D eigenvalue weighted by molar-refractivity contribution is 5.87. The fraction of sp³-hybridized carbons (Fsp3) is 0.417. The second-order valence-electron chi connectivity index (χ2n) is 3.58. The Morgan fingerprint density at radius 3 is 2.47 bits per heavy atom. The molecule has 0 saturated carbocycles. The van der Waals surface area contributed by atoms with Crippen LogP contribution < -0.4 is 5.73 Å². The van der Waals surface area contributed by atoms with Crippen molar-refractivity contribution in [3.63, 3.8) is 0 Å². The fourth-order valence-corrected chi connectivity index (χ4v) is 1.52. The highest BCUT2D eigenvalue weighted by atomic mass is 16.5. The minimum absolute atomic E-state index is 0.0671. The van der Waals surface area contributed by atoms with E-state index in [4.69, 9.17) is 15.9 Å². The second-order valence-corrected chi connectivity index (χ2v) is 3.58. The average Bonchev–Trinajstić information content (AvgIpc) is 2.23. The van der Waals surface area contributed by atoms with Crippen LogP contribution in [0.2, 0.25) is 0 Å². The molecule has 3 nitrogen and oxygen atoms in total. The number of anilines is 1. The highest BCUT2D eigenvalue weighted by Gasteiger charge is 2.11. The molecule has 82 valence electrons. The molecule has 0 heterocycles. The van der Waals surface area contributed by atoms with Crippen molar-refractivity contribution in [3.8, 4) is 0 Å². The topological polar surface area (TPSA) is 59.1 Å². The molecule has 0 aromatic heterocycles. The number of hydrogen-bond donors (Lipinski definition) is 2. The molecule has 1 rings (SSSR count). The molecule has 0 fully saturated rings. The molecule has 3 heteroatoms. The molecule has 3 N–H and O–H groups in total. The Morgan fingerprint density at radius 2 is 2.00 bits per heavy atom. The number of nitrogens with two attached hydrogens (primary N) is 1. The Balaban J connectivity index is 2.61. The van der Waals surface area contributed by atoms with Crippen molar-refractivity contribution in [3.05, 3.63) is 29.8 Å². The number of ether oxygens (including phenoxy) is 1. The first kappa shape index (κ1) is 11.7. The fourth-order valence-electron chi connectivity index (χ4n) is 1.52. The van der Waals surface area contributed by atoms with Gasteiger partial charge in [-0.15, -0.1) is 0 Å². The summed E-state index contributed by atoms with van der Waals surface area (Å²) in [7, 11) is 1.64. The average molecular weight is 206 g/mol. The van der Waals surface area contributed by atoms with Crippen molar-refractivity contribution >= 4 is 11.4 Å². The van der Waals surface area contributed by atoms with Gasteiger partial charge in [0, 0.05) is 24.9 Å². The van der Waals surface area contributed by atoms with Crippen molar-refractivity contribution in [1.29, 1.82) is 5.41 Å². The standard InChI is InChI=1S/C12H18N2O/c1-3-12(15-2)11(14)8-9-4-6-10(13)7-5-9/h4-7,12,14H,3,8,13H2,1-2H3. The molecule has 1 aromatic carbocycles. The van der Waals surface area contributed by atoms with Crippen molar-refractivity contribution in [2.45, 2.75) is 25.9 Å². The zero-order chi connectivity index (χ0) is 11.3. The van der Waals surface area contributed by atoms with Gasteiger partial charge >= 0.3 is 0 Å². The third kappa shape index (κ3) is 3.36. The predicted octanol–water partition coefficient (Wildman–Crippen LogP) is 2.26. The van der Waals surface area contributed by atoms with E-state index in [2.05, 4.69) is 0 Å². The van der Waals surface area contributed by atoms with Gasteiger partial charge in [0.2, 0.25) is 0 Å². The normalized spacial score (nSPS) is 12.4. The summed E-state index contributed by atoms with van der Waals surface area (Å²) in [4.78, 5) is 0. The third-order valence-corrected chi connectivity index (χ3v) is 2.42. The first-order chi connectivity index (χ1) is 7.17. The molecule has 1 aromatic rings. The van der Waals surface area contributed by atoms with Crippen LogP contribution >= 0.6 is 0 Å². The zero-order valence-electron chi connectivity index (χ0n) is 9.29. The first-order valence-electron chi connectivity index (χ1n) is 5.12. The molecule has 0 aliphatic heterocycles. The van der Waals surface area contributed by atoms with E-state index < -0.39 is 0 Å². The van der Waals surface area contributed by atoms with E-state index >= 15 is 0 Å². The molecule has 1 unspecified atom stereocenters. The molecule has 1 atom stereocenters. The molecule has 0 aliphatic carbocycles. The number of rotatable bonds is 5. The second kappa shape index (κ2) is 5.51.